The molecule has 0 amide bonds. The number of aliphatic hydroxyl groups is 1. The van der Waals surface area contributed by atoms with E-state index in [0.717, 1.165) is 12.1 Å². The molecule has 0 aromatic heterocycles. The molecule has 0 saturated carbocycles. The van der Waals surface area contributed by atoms with Gasteiger partial charge >= 0.3 is 0 Å². The Morgan fingerprint density at radius 2 is 2.23 bits per heavy atom. The zero-order chi connectivity index (χ0) is 10.0. The molecule has 13 heavy (non-hydrogen) atoms. The van der Waals surface area contributed by atoms with Crippen LogP contribution in [0.2, 0.25) is 0 Å². The Morgan fingerprint density at radius 1 is 1.62 bits per heavy atom. The van der Waals surface area contributed by atoms with Crippen molar-refractivity contribution in [2.45, 2.75) is 13.5 Å². The molecule has 0 radical (unpaired) electrons. The second-order valence-corrected chi connectivity index (χ2v) is 2.65. The molecule has 0 bridgehead atoms. The first kappa shape index (κ1) is 9.60. The van der Waals surface area contributed by atoms with Crippen LogP contribution in [0.5, 0.6) is 0 Å². The first-order valence-corrected chi connectivity index (χ1v) is 3.60. The predicted octanol–water partition coefficient (Wildman–Crippen LogP) is 1.53. The van der Waals surface area contributed by atoms with Crippen molar-refractivity contribution in [3.05, 3.63) is 39.2 Å². The first-order valence-electron chi connectivity index (χ1n) is 3.60. The topological polar surface area (TPSA) is 63.4 Å². The summed E-state index contributed by atoms with van der Waals surface area (Å²) in [7, 11) is 0. The van der Waals surface area contributed by atoms with Gasteiger partial charge in [-0.2, -0.15) is 0 Å². The number of hydrogen-bond acceptors (Lipinski definition) is 3. The molecule has 5 heteroatoms. The quantitative estimate of drug-likeness (QED) is 0.561. The van der Waals surface area contributed by atoms with Gasteiger partial charge in [-0.3, -0.25) is 10.1 Å². The van der Waals surface area contributed by atoms with Crippen LogP contribution in [0.25, 0.3) is 0 Å². The normalized spacial score (nSPS) is 10.1. The molecule has 1 N–H and O–H groups in total. The van der Waals surface area contributed by atoms with Crippen LogP contribution in [0, 0.1) is 22.9 Å². The lowest BCUT2D eigenvalue weighted by Crippen LogP contribution is -1.98. The van der Waals surface area contributed by atoms with Crippen LogP contribution in [-0.2, 0) is 6.61 Å². The standard InChI is InChI=1S/C8H8FNO3/c1-5-2-8(10(12)13)6(4-11)3-7(5)9/h2-3,11H,4H2,1H3. The largest absolute Gasteiger partial charge is 0.391 e. The van der Waals surface area contributed by atoms with Crippen LogP contribution >= 0.6 is 0 Å². The van der Waals surface area contributed by atoms with Gasteiger partial charge in [0.15, 0.2) is 0 Å². The Bertz CT molecular complexity index is 351. The van der Waals surface area contributed by atoms with E-state index in [4.69, 9.17) is 5.11 Å². The van der Waals surface area contributed by atoms with Gasteiger partial charge in [0.1, 0.15) is 5.82 Å². The number of nitro groups is 1. The van der Waals surface area contributed by atoms with Crippen molar-refractivity contribution in [1.82, 2.24) is 0 Å². The molecule has 0 saturated heterocycles. The van der Waals surface area contributed by atoms with E-state index in [1.165, 1.54) is 6.92 Å². The van der Waals surface area contributed by atoms with E-state index in [2.05, 4.69) is 0 Å². The number of aliphatic hydroxyl groups excluding tert-OH is 1. The summed E-state index contributed by atoms with van der Waals surface area (Å²) in [6.45, 7) is 0.900. The van der Waals surface area contributed by atoms with Gasteiger partial charge in [0, 0.05) is 6.07 Å². The highest BCUT2D eigenvalue weighted by atomic mass is 19.1. The summed E-state index contributed by atoms with van der Waals surface area (Å²) in [4.78, 5) is 9.78. The van der Waals surface area contributed by atoms with Crippen molar-refractivity contribution < 1.29 is 14.4 Å². The molecule has 1 aromatic rings. The Hall–Kier alpha value is -1.49. The molecule has 0 aliphatic rings. The highest BCUT2D eigenvalue weighted by Crippen LogP contribution is 2.22. The number of halogens is 1. The highest BCUT2D eigenvalue weighted by molar-refractivity contribution is 5.43. The predicted molar refractivity (Wildman–Crippen MR) is 43.7 cm³/mol. The number of rotatable bonds is 2. The van der Waals surface area contributed by atoms with Gasteiger partial charge in [0.2, 0.25) is 0 Å². The van der Waals surface area contributed by atoms with Crippen molar-refractivity contribution in [3.63, 3.8) is 0 Å². The first-order chi connectivity index (χ1) is 6.06. The minimum atomic E-state index is -0.641. The van der Waals surface area contributed by atoms with Gasteiger partial charge in [-0.1, -0.05) is 0 Å². The third-order valence-electron chi connectivity index (χ3n) is 1.73. The maximum absolute atomic E-state index is 12.9. The molecule has 1 rings (SSSR count). The van der Waals surface area contributed by atoms with Crippen LogP contribution in [0.3, 0.4) is 0 Å². The minimum absolute atomic E-state index is 0.00639. The Labute approximate surface area is 73.8 Å². The van der Waals surface area contributed by atoms with E-state index in [1.54, 1.807) is 0 Å². The Balaban J connectivity index is 3.33. The van der Waals surface area contributed by atoms with Crippen LogP contribution in [0.4, 0.5) is 10.1 Å². The van der Waals surface area contributed by atoms with E-state index >= 15 is 0 Å². The molecular formula is C8H8FNO3. The smallest absolute Gasteiger partial charge is 0.275 e. The fraction of sp³-hybridized carbons (Fsp3) is 0.250. The molecule has 4 nitrogen and oxygen atoms in total. The number of benzene rings is 1. The summed E-state index contributed by atoms with van der Waals surface area (Å²) in [5.74, 6) is -0.547. The van der Waals surface area contributed by atoms with Gasteiger partial charge in [-0.05, 0) is 18.6 Å². The van der Waals surface area contributed by atoms with Gasteiger partial charge in [0.25, 0.3) is 5.69 Å². The van der Waals surface area contributed by atoms with Crippen molar-refractivity contribution in [2.24, 2.45) is 0 Å². The zero-order valence-corrected chi connectivity index (χ0v) is 6.95. The van der Waals surface area contributed by atoms with Crippen LogP contribution in [0.15, 0.2) is 12.1 Å². The third-order valence-corrected chi connectivity index (χ3v) is 1.73. The van der Waals surface area contributed by atoms with Crippen LogP contribution in [0.1, 0.15) is 11.1 Å². The van der Waals surface area contributed by atoms with Gasteiger partial charge < -0.3 is 5.11 Å². The minimum Gasteiger partial charge on any atom is -0.391 e. The number of aryl methyl sites for hydroxylation is 1. The maximum Gasteiger partial charge on any atom is 0.275 e. The number of hydrogen-bond donors (Lipinski definition) is 1. The summed E-state index contributed by atoms with van der Waals surface area (Å²) >= 11 is 0. The summed E-state index contributed by atoms with van der Waals surface area (Å²) in [6, 6.07) is 2.09. The Morgan fingerprint density at radius 3 is 2.69 bits per heavy atom. The molecule has 0 spiro atoms. The molecule has 1 aromatic carbocycles. The average molecular weight is 185 g/mol. The molecule has 70 valence electrons. The van der Waals surface area contributed by atoms with Gasteiger partial charge in [-0.15, -0.1) is 0 Å². The summed E-state index contributed by atoms with van der Waals surface area (Å²) in [6.07, 6.45) is 0. The lowest BCUT2D eigenvalue weighted by Gasteiger charge is -2.01. The second kappa shape index (κ2) is 3.49. The fourth-order valence-electron chi connectivity index (χ4n) is 1.00. The van der Waals surface area contributed by atoms with Crippen LogP contribution in [-0.4, -0.2) is 10.0 Å². The maximum atomic E-state index is 12.9. The van der Waals surface area contributed by atoms with E-state index in [-0.39, 0.29) is 16.8 Å². The van der Waals surface area contributed by atoms with E-state index in [0.29, 0.717) is 0 Å². The van der Waals surface area contributed by atoms with Gasteiger partial charge in [0.05, 0.1) is 17.1 Å². The van der Waals surface area contributed by atoms with E-state index in [1.807, 2.05) is 0 Å². The molecule has 0 unspecified atom stereocenters. The van der Waals surface area contributed by atoms with E-state index < -0.39 is 17.3 Å². The van der Waals surface area contributed by atoms with Crippen LogP contribution < -0.4 is 0 Å². The lowest BCUT2D eigenvalue weighted by molar-refractivity contribution is -0.385. The third kappa shape index (κ3) is 1.81. The highest BCUT2D eigenvalue weighted by Gasteiger charge is 2.15. The number of nitrogens with zero attached hydrogens (tertiary/aromatic N) is 1. The molecule has 0 atom stereocenters. The van der Waals surface area contributed by atoms with Crippen molar-refractivity contribution in [2.75, 3.05) is 0 Å². The summed E-state index contributed by atoms with van der Waals surface area (Å²) in [5, 5.41) is 19.1. The second-order valence-electron chi connectivity index (χ2n) is 2.65. The molecule has 0 aliphatic heterocycles. The SMILES string of the molecule is Cc1cc([N+](=O)[O-])c(CO)cc1F. The Kier molecular flexibility index (Phi) is 2.57. The summed E-state index contributed by atoms with van der Waals surface area (Å²) in [5.41, 5.74) is -0.0570. The zero-order valence-electron chi connectivity index (χ0n) is 6.95. The number of nitro benzene ring substituents is 1. The fourth-order valence-corrected chi connectivity index (χ4v) is 1.00. The van der Waals surface area contributed by atoms with Crippen molar-refractivity contribution in [3.8, 4) is 0 Å². The molecular weight excluding hydrogens is 177 g/mol. The van der Waals surface area contributed by atoms with E-state index in [9.17, 15) is 14.5 Å². The summed E-state index contributed by atoms with van der Waals surface area (Å²) < 4.78 is 12.9. The molecule has 0 fully saturated rings. The van der Waals surface area contributed by atoms with Crippen molar-refractivity contribution >= 4 is 5.69 Å². The molecule has 0 aliphatic carbocycles. The molecule has 0 heterocycles. The van der Waals surface area contributed by atoms with Crippen molar-refractivity contribution in [1.29, 1.82) is 0 Å². The van der Waals surface area contributed by atoms with Gasteiger partial charge in [-0.25, -0.2) is 4.39 Å². The lowest BCUT2D eigenvalue weighted by atomic mass is 10.1. The average Bonchev–Trinajstić information content (AvgIpc) is 2.08. The monoisotopic (exact) mass is 185 g/mol.